The minimum absolute atomic E-state index is 0.276. The van der Waals surface area contributed by atoms with Gasteiger partial charge in [-0.15, -0.1) is 0 Å². The van der Waals surface area contributed by atoms with Crippen LogP contribution >= 0.6 is 0 Å². The third kappa shape index (κ3) is 6.22. The van der Waals surface area contributed by atoms with Gasteiger partial charge >= 0.3 is 0 Å². The number of rotatable bonds is 9. The van der Waals surface area contributed by atoms with Gasteiger partial charge in [-0.1, -0.05) is 59.5 Å². The molecule has 0 aromatic heterocycles. The Labute approximate surface area is 232 Å². The van der Waals surface area contributed by atoms with Crippen LogP contribution in [-0.2, 0) is 8.85 Å². The molecular formula is C33H60O2Si2. The van der Waals surface area contributed by atoms with Gasteiger partial charge in [-0.25, -0.2) is 0 Å². The highest BCUT2D eigenvalue weighted by Crippen LogP contribution is 2.68. The van der Waals surface area contributed by atoms with E-state index in [4.69, 9.17) is 8.85 Å². The minimum atomic E-state index is -1.66. The molecule has 0 heterocycles. The van der Waals surface area contributed by atoms with Crippen LogP contribution in [0.4, 0.5) is 0 Å². The molecule has 4 aliphatic carbocycles. The lowest BCUT2D eigenvalue weighted by atomic mass is 9.46. The van der Waals surface area contributed by atoms with Crippen molar-refractivity contribution in [2.24, 2.45) is 46.3 Å². The summed E-state index contributed by atoms with van der Waals surface area (Å²) in [6.45, 7) is 26.8. The van der Waals surface area contributed by atoms with Crippen LogP contribution in [0.15, 0.2) is 23.5 Å². The third-order valence-corrected chi connectivity index (χ3v) is 12.8. The van der Waals surface area contributed by atoms with Crippen molar-refractivity contribution in [3.63, 3.8) is 0 Å². The zero-order valence-corrected chi connectivity index (χ0v) is 28.4. The first-order valence-electron chi connectivity index (χ1n) is 15.8. The lowest BCUT2D eigenvalue weighted by Gasteiger charge is -2.61. The average Bonchev–Trinajstić information content (AvgIpc) is 3.09. The van der Waals surface area contributed by atoms with Crippen LogP contribution in [0.25, 0.3) is 0 Å². The SMILES string of the molecule is CC(C)CCCC(C)C1CCC2C3C(O[Si](C)(C)C)CC4=CC(O[Si](C)(C)C)=CC[C@]4(C)C3CC[C@]12C. The average molecular weight is 545 g/mol. The van der Waals surface area contributed by atoms with Crippen LogP contribution in [0.3, 0.4) is 0 Å². The van der Waals surface area contributed by atoms with Crippen LogP contribution in [0.2, 0.25) is 39.3 Å². The lowest BCUT2D eigenvalue weighted by molar-refractivity contribution is -0.104. The lowest BCUT2D eigenvalue weighted by Crippen LogP contribution is -2.57. The van der Waals surface area contributed by atoms with Gasteiger partial charge in [0.2, 0.25) is 8.32 Å². The highest BCUT2D eigenvalue weighted by Gasteiger charge is 2.62. The summed E-state index contributed by atoms with van der Waals surface area (Å²) < 4.78 is 13.7. The van der Waals surface area contributed by atoms with Gasteiger partial charge in [-0.05, 0) is 136 Å². The molecule has 0 saturated heterocycles. The first kappa shape index (κ1) is 29.7. The molecule has 4 rings (SSSR count). The number of allylic oxidation sites excluding steroid dienone is 2. The molecule has 2 nitrogen and oxygen atoms in total. The third-order valence-electron chi connectivity index (χ3n) is 10.9. The summed E-state index contributed by atoms with van der Waals surface area (Å²) in [6.07, 6.45) is 17.5. The van der Waals surface area contributed by atoms with Crippen molar-refractivity contribution in [3.8, 4) is 0 Å². The fraction of sp³-hybridized carbons (Fsp3) is 0.879. The topological polar surface area (TPSA) is 18.5 Å². The number of hydrogen-bond donors (Lipinski definition) is 0. The molecule has 4 heteroatoms. The minimum Gasteiger partial charge on any atom is -0.545 e. The Balaban J connectivity index is 1.61. The van der Waals surface area contributed by atoms with E-state index < -0.39 is 16.6 Å². The fourth-order valence-electron chi connectivity index (χ4n) is 9.35. The smallest absolute Gasteiger partial charge is 0.242 e. The predicted molar refractivity (Wildman–Crippen MR) is 165 cm³/mol. The van der Waals surface area contributed by atoms with Crippen molar-refractivity contribution in [2.75, 3.05) is 0 Å². The predicted octanol–water partition coefficient (Wildman–Crippen LogP) is 10.2. The zero-order valence-electron chi connectivity index (χ0n) is 26.4. The Kier molecular flexibility index (Phi) is 8.48. The van der Waals surface area contributed by atoms with Gasteiger partial charge in [0.1, 0.15) is 0 Å². The monoisotopic (exact) mass is 544 g/mol. The van der Waals surface area contributed by atoms with E-state index in [2.05, 4.69) is 86.1 Å². The highest BCUT2D eigenvalue weighted by atomic mass is 28.4. The summed E-state index contributed by atoms with van der Waals surface area (Å²) >= 11 is 0. The Morgan fingerprint density at radius 3 is 2.24 bits per heavy atom. The van der Waals surface area contributed by atoms with Crippen LogP contribution in [-0.4, -0.2) is 22.7 Å². The standard InChI is InChI=1S/C33H60O2Si2/c1-23(2)13-12-14-24(3)27-15-16-28-31-29(18-20-33(27,28)5)32(4)19-17-26(34-36(6,7)8)21-25(32)22-30(31)35-37(9,10)11/h17,21,23-24,27-31H,12-16,18-20,22H2,1-11H3/t24?,27?,28?,29?,30?,31?,32-,33+/m0/s1. The van der Waals surface area contributed by atoms with E-state index in [1.165, 1.54) is 44.9 Å². The molecule has 0 radical (unpaired) electrons. The fourth-order valence-corrected chi connectivity index (χ4v) is 11.4. The molecule has 0 bridgehead atoms. The van der Waals surface area contributed by atoms with Gasteiger partial charge in [0.05, 0.1) is 11.9 Å². The largest absolute Gasteiger partial charge is 0.545 e. The molecule has 0 aromatic rings. The molecule has 0 N–H and O–H groups in total. The summed E-state index contributed by atoms with van der Waals surface area (Å²) in [5, 5.41) is 0. The van der Waals surface area contributed by atoms with E-state index in [-0.39, 0.29) is 5.41 Å². The van der Waals surface area contributed by atoms with Crippen LogP contribution in [0, 0.1) is 46.3 Å². The van der Waals surface area contributed by atoms with Crippen molar-refractivity contribution in [1.29, 1.82) is 0 Å². The van der Waals surface area contributed by atoms with Crippen LogP contribution in [0.1, 0.15) is 92.4 Å². The normalized spacial score (nSPS) is 38.9. The Morgan fingerprint density at radius 1 is 0.919 bits per heavy atom. The van der Waals surface area contributed by atoms with Crippen molar-refractivity contribution >= 4 is 16.6 Å². The zero-order chi connectivity index (χ0) is 27.4. The van der Waals surface area contributed by atoms with Crippen LogP contribution < -0.4 is 0 Å². The molecular weight excluding hydrogens is 485 g/mol. The molecule has 3 saturated carbocycles. The van der Waals surface area contributed by atoms with E-state index in [1.807, 2.05) is 0 Å². The molecule has 8 atom stereocenters. The van der Waals surface area contributed by atoms with E-state index in [1.54, 1.807) is 5.57 Å². The van der Waals surface area contributed by atoms with E-state index in [0.717, 1.165) is 48.2 Å². The molecule has 0 amide bonds. The highest BCUT2D eigenvalue weighted by molar-refractivity contribution is 6.70. The van der Waals surface area contributed by atoms with Crippen molar-refractivity contribution in [3.05, 3.63) is 23.5 Å². The van der Waals surface area contributed by atoms with Gasteiger partial charge in [0.25, 0.3) is 0 Å². The first-order chi connectivity index (χ1) is 17.0. The number of fused-ring (bicyclic) bond motifs is 5. The Bertz CT molecular complexity index is 878. The van der Waals surface area contributed by atoms with Gasteiger partial charge in [0.15, 0.2) is 8.32 Å². The van der Waals surface area contributed by atoms with E-state index in [9.17, 15) is 0 Å². The maximum Gasteiger partial charge on any atom is 0.242 e. The molecule has 0 spiro atoms. The summed E-state index contributed by atoms with van der Waals surface area (Å²) in [5.74, 6) is 6.02. The molecule has 3 fully saturated rings. The molecule has 0 aromatic carbocycles. The van der Waals surface area contributed by atoms with Crippen molar-refractivity contribution in [2.45, 2.75) is 138 Å². The molecule has 212 valence electrons. The Morgan fingerprint density at radius 2 is 1.62 bits per heavy atom. The van der Waals surface area contributed by atoms with Gasteiger partial charge in [-0.2, -0.15) is 0 Å². The summed E-state index contributed by atoms with van der Waals surface area (Å²) in [5.41, 5.74) is 2.40. The van der Waals surface area contributed by atoms with Gasteiger partial charge in [0, 0.05) is 0 Å². The second kappa shape index (κ2) is 10.6. The summed E-state index contributed by atoms with van der Waals surface area (Å²) in [6, 6.07) is 0. The van der Waals surface area contributed by atoms with Crippen LogP contribution in [0.5, 0.6) is 0 Å². The van der Waals surface area contributed by atoms with Gasteiger partial charge in [-0.3, -0.25) is 0 Å². The number of hydrogen-bond acceptors (Lipinski definition) is 2. The molecule has 0 aliphatic heterocycles. The maximum atomic E-state index is 7.16. The first-order valence-corrected chi connectivity index (χ1v) is 22.6. The molecule has 4 aliphatic rings. The van der Waals surface area contributed by atoms with E-state index >= 15 is 0 Å². The van der Waals surface area contributed by atoms with E-state index in [0.29, 0.717) is 17.4 Å². The Hall–Kier alpha value is -0.326. The maximum absolute atomic E-state index is 7.16. The molecule has 6 unspecified atom stereocenters. The van der Waals surface area contributed by atoms with Crippen molar-refractivity contribution in [1.82, 2.24) is 0 Å². The quantitative estimate of drug-likeness (QED) is 0.269. The second-order valence-corrected chi connectivity index (χ2v) is 25.3. The summed E-state index contributed by atoms with van der Waals surface area (Å²) in [4.78, 5) is 0. The molecule has 37 heavy (non-hydrogen) atoms. The second-order valence-electron chi connectivity index (χ2n) is 16.4. The summed E-state index contributed by atoms with van der Waals surface area (Å²) in [7, 11) is -3.27. The van der Waals surface area contributed by atoms with Gasteiger partial charge < -0.3 is 8.85 Å². The van der Waals surface area contributed by atoms with Crippen molar-refractivity contribution < 1.29 is 8.85 Å².